The monoisotopic (exact) mass is 467 g/mol. The Balaban J connectivity index is 1.81. The fourth-order valence-electron chi connectivity index (χ4n) is 4.23. The maximum absolute atomic E-state index is 11.7. The Hall–Kier alpha value is -2.21. The molecule has 0 atom stereocenters. The van der Waals surface area contributed by atoms with Gasteiger partial charge in [0, 0.05) is 26.2 Å². The van der Waals surface area contributed by atoms with Gasteiger partial charge < -0.3 is 15.0 Å². The zero-order valence-electron chi connectivity index (χ0n) is 21.6. The number of rotatable bonds is 18. The molecule has 0 radical (unpaired) electrons. The molecular formula is C29H45N3O2. The van der Waals surface area contributed by atoms with E-state index < -0.39 is 0 Å². The van der Waals surface area contributed by atoms with Crippen LogP contribution in [-0.4, -0.2) is 55.6 Å². The molecule has 188 valence electrons. The second kappa shape index (κ2) is 17.3. The average molecular weight is 468 g/mol. The van der Waals surface area contributed by atoms with Crippen molar-refractivity contribution in [2.24, 2.45) is 0 Å². The third-order valence-electron chi connectivity index (χ3n) is 6.07. The topological polar surface area (TPSA) is 44.8 Å². The number of methoxy groups -OCH3 is 1. The molecule has 2 aromatic carbocycles. The van der Waals surface area contributed by atoms with Crippen molar-refractivity contribution in [3.8, 4) is 0 Å². The van der Waals surface area contributed by atoms with Crippen molar-refractivity contribution in [1.29, 1.82) is 0 Å². The molecule has 0 fully saturated rings. The molecule has 0 aliphatic carbocycles. The molecule has 1 N–H and O–H groups in total. The molecule has 0 bridgehead atoms. The molecule has 0 saturated carbocycles. The molecule has 0 unspecified atom stereocenters. The van der Waals surface area contributed by atoms with E-state index in [0.717, 1.165) is 45.7 Å². The van der Waals surface area contributed by atoms with Gasteiger partial charge in [0.1, 0.15) is 0 Å². The zero-order chi connectivity index (χ0) is 24.4. The Morgan fingerprint density at radius 2 is 1.29 bits per heavy atom. The molecule has 0 amide bonds. The highest BCUT2D eigenvalue weighted by Crippen LogP contribution is 2.11. The van der Waals surface area contributed by atoms with E-state index in [2.05, 4.69) is 77.5 Å². The summed E-state index contributed by atoms with van der Waals surface area (Å²) in [5, 5.41) is 3.51. The van der Waals surface area contributed by atoms with Crippen LogP contribution in [0.25, 0.3) is 0 Å². The average Bonchev–Trinajstić information content (AvgIpc) is 2.86. The number of esters is 1. The predicted molar refractivity (Wildman–Crippen MR) is 142 cm³/mol. The van der Waals surface area contributed by atoms with Crippen molar-refractivity contribution >= 4 is 5.97 Å². The van der Waals surface area contributed by atoms with Crippen molar-refractivity contribution in [2.75, 3.05) is 39.8 Å². The Kier molecular flexibility index (Phi) is 14.2. The lowest BCUT2D eigenvalue weighted by atomic mass is 10.1. The number of nitrogens with one attached hydrogen (secondary N) is 1. The van der Waals surface area contributed by atoms with Gasteiger partial charge in [-0.05, 0) is 68.6 Å². The number of hydrogen-bond donors (Lipinski definition) is 1. The molecule has 34 heavy (non-hydrogen) atoms. The van der Waals surface area contributed by atoms with Gasteiger partial charge in [0.25, 0.3) is 0 Å². The first-order valence-corrected chi connectivity index (χ1v) is 13.0. The molecule has 0 aliphatic rings. The summed E-state index contributed by atoms with van der Waals surface area (Å²) in [4.78, 5) is 16.7. The fourth-order valence-corrected chi connectivity index (χ4v) is 4.23. The van der Waals surface area contributed by atoms with Gasteiger partial charge in [-0.3, -0.25) is 9.69 Å². The van der Waals surface area contributed by atoms with Crippen LogP contribution >= 0.6 is 0 Å². The van der Waals surface area contributed by atoms with E-state index in [-0.39, 0.29) is 5.97 Å². The number of carbonyl (C=O) groups excluding carboxylic acids is 1. The highest BCUT2D eigenvalue weighted by molar-refractivity contribution is 5.69. The van der Waals surface area contributed by atoms with Gasteiger partial charge in [0.05, 0.1) is 13.5 Å². The maximum atomic E-state index is 11.7. The lowest BCUT2D eigenvalue weighted by Crippen LogP contribution is -2.29. The standard InChI is InChI=1S/C29H45N3O2/c1-4-18-31(19-5-2)20-9-10-21-32(22-17-29(33)34-3)25-28-15-13-27(14-16-28)24-30-23-26-11-7-6-8-12-26/h6-8,11-16,30H,4-5,9-10,17-25H2,1-3H3. The zero-order valence-corrected chi connectivity index (χ0v) is 21.6. The van der Waals surface area contributed by atoms with Gasteiger partial charge >= 0.3 is 5.97 Å². The highest BCUT2D eigenvalue weighted by atomic mass is 16.5. The van der Waals surface area contributed by atoms with Crippen LogP contribution in [-0.2, 0) is 29.2 Å². The van der Waals surface area contributed by atoms with Gasteiger partial charge in [0.2, 0.25) is 0 Å². The maximum Gasteiger partial charge on any atom is 0.306 e. The van der Waals surface area contributed by atoms with Gasteiger partial charge in [-0.2, -0.15) is 0 Å². The van der Waals surface area contributed by atoms with Crippen LogP contribution < -0.4 is 5.32 Å². The van der Waals surface area contributed by atoms with Crippen molar-refractivity contribution in [2.45, 2.75) is 65.6 Å². The quantitative estimate of drug-likeness (QED) is 0.240. The van der Waals surface area contributed by atoms with E-state index in [9.17, 15) is 4.79 Å². The Bertz CT molecular complexity index is 774. The number of carbonyl (C=O) groups is 1. The fraction of sp³-hybridized carbons (Fsp3) is 0.552. The molecule has 2 aromatic rings. The van der Waals surface area contributed by atoms with Crippen LogP contribution in [0.4, 0.5) is 0 Å². The normalized spacial score (nSPS) is 11.3. The Labute approximate surface area is 207 Å². The highest BCUT2D eigenvalue weighted by Gasteiger charge is 2.10. The molecule has 0 aromatic heterocycles. The summed E-state index contributed by atoms with van der Waals surface area (Å²) >= 11 is 0. The minimum Gasteiger partial charge on any atom is -0.469 e. The summed E-state index contributed by atoms with van der Waals surface area (Å²) in [5.41, 5.74) is 3.87. The predicted octanol–water partition coefficient (Wildman–Crippen LogP) is 5.24. The summed E-state index contributed by atoms with van der Waals surface area (Å²) in [5.74, 6) is -0.137. The summed E-state index contributed by atoms with van der Waals surface area (Å²) in [6, 6.07) is 19.3. The lowest BCUT2D eigenvalue weighted by Gasteiger charge is -2.24. The molecule has 0 heterocycles. The van der Waals surface area contributed by atoms with E-state index in [0.29, 0.717) is 6.42 Å². The summed E-state index contributed by atoms with van der Waals surface area (Å²) in [6.07, 6.45) is 5.20. The largest absolute Gasteiger partial charge is 0.469 e. The van der Waals surface area contributed by atoms with Crippen LogP contribution in [0.3, 0.4) is 0 Å². The van der Waals surface area contributed by atoms with Gasteiger partial charge in [0.15, 0.2) is 0 Å². The first kappa shape index (κ1) is 28.0. The number of hydrogen-bond acceptors (Lipinski definition) is 5. The first-order valence-electron chi connectivity index (χ1n) is 13.0. The van der Waals surface area contributed by atoms with E-state index in [1.165, 1.54) is 56.2 Å². The summed E-state index contributed by atoms with van der Waals surface area (Å²) in [6.45, 7) is 12.4. The molecule has 5 heteroatoms. The summed E-state index contributed by atoms with van der Waals surface area (Å²) in [7, 11) is 1.47. The van der Waals surface area contributed by atoms with Crippen LogP contribution in [0.5, 0.6) is 0 Å². The van der Waals surface area contributed by atoms with Crippen molar-refractivity contribution in [3.05, 3.63) is 71.3 Å². The third-order valence-corrected chi connectivity index (χ3v) is 6.07. The molecular weight excluding hydrogens is 422 g/mol. The minimum atomic E-state index is -0.137. The number of nitrogens with zero attached hydrogens (tertiary/aromatic N) is 2. The number of unbranched alkanes of at least 4 members (excludes halogenated alkanes) is 1. The molecule has 5 nitrogen and oxygen atoms in total. The molecule has 0 saturated heterocycles. The second-order valence-electron chi connectivity index (χ2n) is 9.06. The van der Waals surface area contributed by atoms with Crippen LogP contribution in [0.15, 0.2) is 54.6 Å². The third kappa shape index (κ3) is 11.8. The molecule has 2 rings (SSSR count). The van der Waals surface area contributed by atoms with Gasteiger partial charge in [-0.1, -0.05) is 68.4 Å². The van der Waals surface area contributed by atoms with Gasteiger partial charge in [-0.15, -0.1) is 0 Å². The summed E-state index contributed by atoms with van der Waals surface area (Å²) < 4.78 is 4.87. The second-order valence-corrected chi connectivity index (χ2v) is 9.06. The number of ether oxygens (including phenoxy) is 1. The van der Waals surface area contributed by atoms with E-state index >= 15 is 0 Å². The van der Waals surface area contributed by atoms with Crippen molar-refractivity contribution < 1.29 is 9.53 Å². The van der Waals surface area contributed by atoms with Crippen LogP contribution in [0.2, 0.25) is 0 Å². The van der Waals surface area contributed by atoms with Crippen molar-refractivity contribution in [3.63, 3.8) is 0 Å². The van der Waals surface area contributed by atoms with Gasteiger partial charge in [-0.25, -0.2) is 0 Å². The van der Waals surface area contributed by atoms with E-state index in [4.69, 9.17) is 4.74 Å². The number of benzene rings is 2. The Morgan fingerprint density at radius 1 is 0.735 bits per heavy atom. The van der Waals surface area contributed by atoms with Crippen LogP contribution in [0.1, 0.15) is 62.6 Å². The molecule has 0 spiro atoms. The van der Waals surface area contributed by atoms with Crippen molar-refractivity contribution in [1.82, 2.24) is 15.1 Å². The first-order chi connectivity index (χ1) is 16.6. The SMILES string of the molecule is CCCN(CCC)CCCCN(CCC(=O)OC)Cc1ccc(CNCc2ccccc2)cc1. The smallest absolute Gasteiger partial charge is 0.306 e. The minimum absolute atomic E-state index is 0.137. The van der Waals surface area contributed by atoms with Crippen LogP contribution in [0, 0.1) is 0 Å². The molecule has 0 aliphatic heterocycles. The van der Waals surface area contributed by atoms with E-state index in [1.54, 1.807) is 0 Å². The van der Waals surface area contributed by atoms with E-state index in [1.807, 2.05) is 6.07 Å². The lowest BCUT2D eigenvalue weighted by molar-refractivity contribution is -0.141. The Morgan fingerprint density at radius 3 is 1.88 bits per heavy atom.